The maximum atomic E-state index is 9.06. The Morgan fingerprint density at radius 1 is 1.44 bits per heavy atom. The smallest absolute Gasteiger partial charge is 0.223 e. The number of hydrogen-bond acceptors (Lipinski definition) is 7. The van der Waals surface area contributed by atoms with Crippen molar-refractivity contribution >= 4 is 0 Å². The monoisotopic (exact) mass is 341 g/mol. The molecule has 1 atom stereocenters. The van der Waals surface area contributed by atoms with Crippen LogP contribution in [0.5, 0.6) is 5.75 Å². The lowest BCUT2D eigenvalue weighted by Gasteiger charge is -2.32. The molecule has 1 saturated heterocycles. The summed E-state index contributed by atoms with van der Waals surface area (Å²) in [6, 6.07) is 9.88. The van der Waals surface area contributed by atoms with Crippen molar-refractivity contribution in [3.05, 3.63) is 41.5 Å². The fourth-order valence-corrected chi connectivity index (χ4v) is 3.08. The summed E-state index contributed by atoms with van der Waals surface area (Å²) in [6.07, 6.45) is 2.29. The molecular formula is C18H23N5O2. The standard InChI is InChI=1S/C18H23N5O2/c1-14-21-18(22-25-14)13-23-9-4-6-16(12-23)20-8-10-24-17-7-3-2-5-15(17)11-19/h2-3,5,7,16,20H,4,6,8-10,12-13H2,1H3/t16-/m0/s1. The molecule has 1 aromatic carbocycles. The molecule has 3 rings (SSSR count). The van der Waals surface area contributed by atoms with Gasteiger partial charge in [-0.2, -0.15) is 10.2 Å². The van der Waals surface area contributed by atoms with E-state index in [1.807, 2.05) is 25.1 Å². The number of para-hydroxylation sites is 1. The lowest BCUT2D eigenvalue weighted by molar-refractivity contribution is 0.173. The zero-order valence-electron chi connectivity index (χ0n) is 14.4. The predicted molar refractivity (Wildman–Crippen MR) is 92.0 cm³/mol. The SMILES string of the molecule is Cc1nc(CN2CCC[C@H](NCCOc3ccccc3C#N)C2)no1. The third-order valence-electron chi connectivity index (χ3n) is 4.24. The molecule has 0 amide bonds. The van der Waals surface area contributed by atoms with Crippen LogP contribution < -0.4 is 10.1 Å². The Kier molecular flexibility index (Phi) is 5.99. The van der Waals surface area contributed by atoms with E-state index < -0.39 is 0 Å². The fraction of sp³-hybridized carbons (Fsp3) is 0.500. The quantitative estimate of drug-likeness (QED) is 0.769. The molecule has 1 N–H and O–H groups in total. The summed E-state index contributed by atoms with van der Waals surface area (Å²) >= 11 is 0. The number of aryl methyl sites for hydroxylation is 1. The number of rotatable bonds is 7. The van der Waals surface area contributed by atoms with Crippen molar-refractivity contribution in [1.29, 1.82) is 5.26 Å². The molecule has 25 heavy (non-hydrogen) atoms. The number of piperidine rings is 1. The van der Waals surface area contributed by atoms with Gasteiger partial charge in [0.05, 0.1) is 12.1 Å². The van der Waals surface area contributed by atoms with Gasteiger partial charge in [0.25, 0.3) is 0 Å². The second kappa shape index (κ2) is 8.60. The van der Waals surface area contributed by atoms with E-state index in [1.165, 1.54) is 0 Å². The summed E-state index contributed by atoms with van der Waals surface area (Å²) in [6.45, 7) is 5.84. The third-order valence-corrected chi connectivity index (χ3v) is 4.24. The average molecular weight is 341 g/mol. The van der Waals surface area contributed by atoms with E-state index in [0.717, 1.165) is 44.8 Å². The Bertz CT molecular complexity index is 724. The van der Waals surface area contributed by atoms with Gasteiger partial charge < -0.3 is 14.6 Å². The molecule has 1 fully saturated rings. The Hall–Kier alpha value is -2.43. The summed E-state index contributed by atoms with van der Waals surface area (Å²) in [5.41, 5.74) is 0.571. The van der Waals surface area contributed by atoms with Crippen LogP contribution in [-0.4, -0.2) is 47.3 Å². The van der Waals surface area contributed by atoms with Gasteiger partial charge in [0.1, 0.15) is 18.4 Å². The average Bonchev–Trinajstić information content (AvgIpc) is 3.04. The van der Waals surface area contributed by atoms with Crippen LogP contribution in [0.15, 0.2) is 28.8 Å². The van der Waals surface area contributed by atoms with Gasteiger partial charge in [0, 0.05) is 26.1 Å². The van der Waals surface area contributed by atoms with Crippen LogP contribution in [0.3, 0.4) is 0 Å². The fourth-order valence-electron chi connectivity index (χ4n) is 3.08. The highest BCUT2D eigenvalue weighted by atomic mass is 16.5. The molecule has 0 radical (unpaired) electrons. The van der Waals surface area contributed by atoms with E-state index in [0.29, 0.717) is 29.9 Å². The maximum Gasteiger partial charge on any atom is 0.223 e. The van der Waals surface area contributed by atoms with E-state index in [4.69, 9.17) is 14.5 Å². The minimum absolute atomic E-state index is 0.427. The van der Waals surface area contributed by atoms with Crippen molar-refractivity contribution in [1.82, 2.24) is 20.4 Å². The topological polar surface area (TPSA) is 87.2 Å². The van der Waals surface area contributed by atoms with Gasteiger partial charge in [-0.15, -0.1) is 0 Å². The Morgan fingerprint density at radius 3 is 3.12 bits per heavy atom. The third kappa shape index (κ3) is 5.02. The van der Waals surface area contributed by atoms with Gasteiger partial charge in [-0.25, -0.2) is 0 Å². The second-order valence-electron chi connectivity index (χ2n) is 6.21. The number of aromatic nitrogens is 2. The molecule has 0 unspecified atom stereocenters. The van der Waals surface area contributed by atoms with Crippen LogP contribution in [0.25, 0.3) is 0 Å². The number of benzene rings is 1. The first-order valence-corrected chi connectivity index (χ1v) is 8.61. The number of nitrogens with one attached hydrogen (secondary N) is 1. The van der Waals surface area contributed by atoms with E-state index in [-0.39, 0.29) is 0 Å². The zero-order chi connectivity index (χ0) is 17.5. The van der Waals surface area contributed by atoms with Crippen molar-refractivity contribution in [2.45, 2.75) is 32.4 Å². The molecule has 0 bridgehead atoms. The Balaban J connectivity index is 1.40. The van der Waals surface area contributed by atoms with Crippen molar-refractivity contribution in [2.75, 3.05) is 26.2 Å². The highest BCUT2D eigenvalue weighted by Crippen LogP contribution is 2.16. The van der Waals surface area contributed by atoms with Crippen LogP contribution in [0.1, 0.15) is 30.1 Å². The summed E-state index contributed by atoms with van der Waals surface area (Å²) in [5, 5.41) is 16.6. The lowest BCUT2D eigenvalue weighted by Crippen LogP contribution is -2.46. The van der Waals surface area contributed by atoms with Crippen molar-refractivity contribution < 1.29 is 9.26 Å². The second-order valence-corrected chi connectivity index (χ2v) is 6.21. The largest absolute Gasteiger partial charge is 0.491 e. The van der Waals surface area contributed by atoms with E-state index in [1.54, 1.807) is 6.07 Å². The van der Waals surface area contributed by atoms with Gasteiger partial charge in [-0.1, -0.05) is 17.3 Å². The van der Waals surface area contributed by atoms with Gasteiger partial charge in [-0.3, -0.25) is 4.90 Å². The summed E-state index contributed by atoms with van der Waals surface area (Å²) < 4.78 is 10.7. The molecule has 132 valence electrons. The van der Waals surface area contributed by atoms with Gasteiger partial charge in [0.2, 0.25) is 5.89 Å². The predicted octanol–water partition coefficient (Wildman–Crippen LogP) is 1.88. The van der Waals surface area contributed by atoms with Crippen LogP contribution >= 0.6 is 0 Å². The molecule has 1 aliphatic rings. The van der Waals surface area contributed by atoms with Gasteiger partial charge >= 0.3 is 0 Å². The molecule has 2 aromatic rings. The maximum absolute atomic E-state index is 9.06. The van der Waals surface area contributed by atoms with Crippen LogP contribution in [0, 0.1) is 18.3 Å². The molecule has 1 aliphatic heterocycles. The van der Waals surface area contributed by atoms with Gasteiger partial charge in [-0.05, 0) is 31.5 Å². The van der Waals surface area contributed by atoms with E-state index in [9.17, 15) is 0 Å². The minimum atomic E-state index is 0.427. The lowest BCUT2D eigenvalue weighted by atomic mass is 10.1. The van der Waals surface area contributed by atoms with Crippen LogP contribution in [-0.2, 0) is 6.54 Å². The molecule has 2 heterocycles. The van der Waals surface area contributed by atoms with E-state index >= 15 is 0 Å². The molecule has 0 saturated carbocycles. The molecule has 1 aromatic heterocycles. The van der Waals surface area contributed by atoms with Crippen LogP contribution in [0.2, 0.25) is 0 Å². The normalized spacial score (nSPS) is 18.0. The first-order chi connectivity index (χ1) is 12.2. The number of nitrogens with zero attached hydrogens (tertiary/aromatic N) is 4. The number of hydrogen-bond donors (Lipinski definition) is 1. The molecule has 7 nitrogen and oxygen atoms in total. The summed E-state index contributed by atoms with van der Waals surface area (Å²) in [7, 11) is 0. The van der Waals surface area contributed by atoms with Gasteiger partial charge in [0.15, 0.2) is 5.82 Å². The summed E-state index contributed by atoms with van der Waals surface area (Å²) in [5.74, 6) is 2.00. The van der Waals surface area contributed by atoms with Crippen molar-refractivity contribution in [2.24, 2.45) is 0 Å². The molecule has 0 spiro atoms. The number of likely N-dealkylation sites (tertiary alicyclic amines) is 1. The number of ether oxygens (including phenoxy) is 1. The highest BCUT2D eigenvalue weighted by Gasteiger charge is 2.20. The molecule has 7 heteroatoms. The number of nitriles is 1. The molecular weight excluding hydrogens is 318 g/mol. The first-order valence-electron chi connectivity index (χ1n) is 8.61. The highest BCUT2D eigenvalue weighted by molar-refractivity contribution is 5.42. The zero-order valence-corrected chi connectivity index (χ0v) is 14.4. The van der Waals surface area contributed by atoms with Crippen molar-refractivity contribution in [3.8, 4) is 11.8 Å². The Labute approximate surface area is 147 Å². The van der Waals surface area contributed by atoms with E-state index in [2.05, 4.69) is 26.4 Å². The minimum Gasteiger partial charge on any atom is -0.491 e. The first kappa shape index (κ1) is 17.4. The van der Waals surface area contributed by atoms with Crippen LogP contribution in [0.4, 0.5) is 0 Å². The summed E-state index contributed by atoms with van der Waals surface area (Å²) in [4.78, 5) is 6.61. The molecule has 0 aliphatic carbocycles. The Morgan fingerprint density at radius 2 is 2.32 bits per heavy atom. The van der Waals surface area contributed by atoms with Crippen molar-refractivity contribution in [3.63, 3.8) is 0 Å².